The minimum absolute atomic E-state index is 0.146. The molecule has 0 atom stereocenters. The molecule has 0 aliphatic rings. The molecular formula is C12H19N5O3S. The van der Waals surface area contributed by atoms with Crippen molar-refractivity contribution in [2.24, 2.45) is 0 Å². The molecule has 9 heteroatoms. The molecule has 2 heterocycles. The Morgan fingerprint density at radius 1 is 1.38 bits per heavy atom. The summed E-state index contributed by atoms with van der Waals surface area (Å²) in [5.74, 6) is 0.787. The van der Waals surface area contributed by atoms with Gasteiger partial charge in [-0.3, -0.25) is 0 Å². The van der Waals surface area contributed by atoms with Gasteiger partial charge in [0.2, 0.25) is 15.9 Å². The number of hydrogen-bond acceptors (Lipinski definition) is 6. The van der Waals surface area contributed by atoms with Crippen LogP contribution in [-0.4, -0.2) is 55.7 Å². The van der Waals surface area contributed by atoms with Crippen molar-refractivity contribution in [3.8, 4) is 11.6 Å². The normalized spacial score (nSPS) is 12.2. The van der Waals surface area contributed by atoms with E-state index in [-0.39, 0.29) is 10.8 Å². The van der Waals surface area contributed by atoms with Crippen molar-refractivity contribution >= 4 is 10.0 Å². The molecule has 0 saturated carbocycles. The number of rotatable bonds is 7. The van der Waals surface area contributed by atoms with Crippen molar-refractivity contribution in [1.29, 1.82) is 0 Å². The average Bonchev–Trinajstić information content (AvgIpc) is 3.07. The molecule has 0 bridgehead atoms. The highest BCUT2D eigenvalue weighted by molar-refractivity contribution is 7.89. The largest absolute Gasteiger partial charge is 0.419 e. The first-order valence-electron chi connectivity index (χ1n) is 6.58. The van der Waals surface area contributed by atoms with Crippen LogP contribution in [0.25, 0.3) is 11.6 Å². The van der Waals surface area contributed by atoms with Gasteiger partial charge in [0, 0.05) is 25.7 Å². The van der Waals surface area contributed by atoms with E-state index < -0.39 is 10.0 Å². The molecule has 21 heavy (non-hydrogen) atoms. The maximum atomic E-state index is 12.1. The molecule has 0 spiro atoms. The third-order valence-corrected chi connectivity index (χ3v) is 4.26. The number of aryl methyl sites for hydroxylation is 1. The van der Waals surface area contributed by atoms with E-state index in [1.807, 2.05) is 25.9 Å². The second kappa shape index (κ2) is 6.37. The highest BCUT2D eigenvalue weighted by Crippen LogP contribution is 2.20. The first-order chi connectivity index (χ1) is 9.92. The van der Waals surface area contributed by atoms with Gasteiger partial charge in [0.25, 0.3) is 5.89 Å². The lowest BCUT2D eigenvalue weighted by Crippen LogP contribution is -2.31. The van der Waals surface area contributed by atoms with Crippen LogP contribution in [0.2, 0.25) is 0 Å². The summed E-state index contributed by atoms with van der Waals surface area (Å²) in [5, 5.41) is 7.71. The highest BCUT2D eigenvalue weighted by Gasteiger charge is 2.18. The second-order valence-electron chi connectivity index (χ2n) is 4.80. The van der Waals surface area contributed by atoms with Crippen LogP contribution in [0.15, 0.2) is 21.6 Å². The number of hydrogen-bond donors (Lipinski definition) is 2. The summed E-state index contributed by atoms with van der Waals surface area (Å²) >= 11 is 0. The summed E-state index contributed by atoms with van der Waals surface area (Å²) in [5.41, 5.74) is 0.482. The van der Waals surface area contributed by atoms with E-state index in [0.717, 1.165) is 0 Å². The van der Waals surface area contributed by atoms with E-state index in [1.54, 1.807) is 0 Å². The molecule has 0 unspecified atom stereocenters. The van der Waals surface area contributed by atoms with Crippen LogP contribution in [0, 0.1) is 0 Å². The molecular weight excluding hydrogens is 294 g/mol. The molecule has 0 aromatic carbocycles. The summed E-state index contributed by atoms with van der Waals surface area (Å²) in [4.78, 5) is 4.88. The van der Waals surface area contributed by atoms with E-state index in [2.05, 4.69) is 19.9 Å². The maximum absolute atomic E-state index is 12.1. The van der Waals surface area contributed by atoms with Gasteiger partial charge in [-0.1, -0.05) is 6.92 Å². The van der Waals surface area contributed by atoms with Crippen LogP contribution >= 0.6 is 0 Å². The smallest absolute Gasteiger partial charge is 0.264 e. The summed E-state index contributed by atoms with van der Waals surface area (Å²) in [6.45, 7) is 2.87. The predicted octanol–water partition coefficient (Wildman–Crippen LogP) is 0.467. The SMILES string of the molecule is CCc1nnc(-c2cc(S(=O)(=O)NCCN(C)C)c[nH]2)o1. The summed E-state index contributed by atoms with van der Waals surface area (Å²) in [6.07, 6.45) is 2.04. The molecule has 0 radical (unpaired) electrons. The number of sulfonamides is 1. The van der Waals surface area contributed by atoms with Crippen molar-refractivity contribution in [3.05, 3.63) is 18.2 Å². The van der Waals surface area contributed by atoms with Gasteiger partial charge in [-0.2, -0.15) is 0 Å². The molecule has 2 aromatic heterocycles. The number of nitrogens with one attached hydrogen (secondary N) is 2. The van der Waals surface area contributed by atoms with Gasteiger partial charge < -0.3 is 14.3 Å². The van der Waals surface area contributed by atoms with Gasteiger partial charge in [-0.15, -0.1) is 10.2 Å². The molecule has 0 aliphatic carbocycles. The van der Waals surface area contributed by atoms with Crippen molar-refractivity contribution in [2.75, 3.05) is 27.2 Å². The topological polar surface area (TPSA) is 104 Å². The number of likely N-dealkylation sites (N-methyl/N-ethyl adjacent to an activating group) is 1. The van der Waals surface area contributed by atoms with Crippen LogP contribution in [0.4, 0.5) is 0 Å². The fraction of sp³-hybridized carbons (Fsp3) is 0.500. The van der Waals surface area contributed by atoms with E-state index >= 15 is 0 Å². The van der Waals surface area contributed by atoms with E-state index in [4.69, 9.17) is 4.42 Å². The zero-order valence-electron chi connectivity index (χ0n) is 12.3. The molecule has 2 N–H and O–H groups in total. The minimum atomic E-state index is -3.54. The quantitative estimate of drug-likeness (QED) is 0.770. The molecule has 2 rings (SSSR count). The van der Waals surface area contributed by atoms with Crippen LogP contribution < -0.4 is 4.72 Å². The lowest BCUT2D eigenvalue weighted by molar-refractivity contribution is 0.412. The van der Waals surface area contributed by atoms with E-state index in [1.165, 1.54) is 12.3 Å². The van der Waals surface area contributed by atoms with Crippen LogP contribution in [0.5, 0.6) is 0 Å². The first kappa shape index (κ1) is 15.7. The fourth-order valence-corrected chi connectivity index (χ4v) is 2.66. The zero-order chi connectivity index (χ0) is 15.5. The lowest BCUT2D eigenvalue weighted by atomic mass is 10.4. The minimum Gasteiger partial charge on any atom is -0.419 e. The Kier molecular flexibility index (Phi) is 4.76. The van der Waals surface area contributed by atoms with E-state index in [0.29, 0.717) is 31.1 Å². The summed E-state index contributed by atoms with van der Waals surface area (Å²) < 4.78 is 32.1. The molecule has 0 amide bonds. The third-order valence-electron chi connectivity index (χ3n) is 2.82. The molecule has 116 valence electrons. The molecule has 0 saturated heterocycles. The fourth-order valence-electron chi connectivity index (χ4n) is 1.65. The Balaban J connectivity index is 2.11. The van der Waals surface area contributed by atoms with Crippen molar-refractivity contribution in [3.63, 3.8) is 0 Å². The number of nitrogens with zero attached hydrogens (tertiary/aromatic N) is 3. The van der Waals surface area contributed by atoms with Gasteiger partial charge in [-0.25, -0.2) is 13.1 Å². The lowest BCUT2D eigenvalue weighted by Gasteiger charge is -2.09. The predicted molar refractivity (Wildman–Crippen MR) is 77.2 cm³/mol. The number of H-pyrrole nitrogens is 1. The maximum Gasteiger partial charge on any atom is 0.264 e. The Hall–Kier alpha value is -1.71. The third kappa shape index (κ3) is 3.90. The first-order valence-corrected chi connectivity index (χ1v) is 8.06. The van der Waals surface area contributed by atoms with Crippen molar-refractivity contribution in [2.45, 2.75) is 18.2 Å². The Labute approximate surface area is 123 Å². The Morgan fingerprint density at radius 3 is 2.76 bits per heavy atom. The number of aromatic amines is 1. The monoisotopic (exact) mass is 313 g/mol. The molecule has 2 aromatic rings. The summed E-state index contributed by atoms with van der Waals surface area (Å²) in [7, 11) is 0.217. The standard InChI is InChI=1S/C12H19N5O3S/c1-4-11-15-16-12(20-11)10-7-9(8-13-10)21(18,19)14-5-6-17(2)3/h7-8,13-14H,4-6H2,1-3H3. The van der Waals surface area contributed by atoms with Gasteiger partial charge >= 0.3 is 0 Å². The molecule has 8 nitrogen and oxygen atoms in total. The van der Waals surface area contributed by atoms with Gasteiger partial charge in [-0.05, 0) is 20.2 Å². The highest BCUT2D eigenvalue weighted by atomic mass is 32.2. The second-order valence-corrected chi connectivity index (χ2v) is 6.57. The molecule has 0 aliphatic heterocycles. The zero-order valence-corrected chi connectivity index (χ0v) is 13.1. The number of aromatic nitrogens is 3. The van der Waals surface area contributed by atoms with Gasteiger partial charge in [0.15, 0.2) is 0 Å². The van der Waals surface area contributed by atoms with Crippen molar-refractivity contribution < 1.29 is 12.8 Å². The summed E-state index contributed by atoms with van der Waals surface area (Å²) in [6, 6.07) is 1.48. The van der Waals surface area contributed by atoms with Gasteiger partial charge in [0.1, 0.15) is 10.6 Å². The average molecular weight is 313 g/mol. The Bertz CT molecular complexity index is 689. The van der Waals surface area contributed by atoms with Gasteiger partial charge in [0.05, 0.1) is 0 Å². The van der Waals surface area contributed by atoms with Crippen LogP contribution in [0.1, 0.15) is 12.8 Å². The van der Waals surface area contributed by atoms with Crippen LogP contribution in [-0.2, 0) is 16.4 Å². The van der Waals surface area contributed by atoms with Crippen LogP contribution in [0.3, 0.4) is 0 Å². The van der Waals surface area contributed by atoms with Crippen molar-refractivity contribution in [1.82, 2.24) is 24.8 Å². The molecule has 0 fully saturated rings. The Morgan fingerprint density at radius 2 is 2.14 bits per heavy atom. The van der Waals surface area contributed by atoms with E-state index in [9.17, 15) is 8.42 Å².